The van der Waals surface area contributed by atoms with Gasteiger partial charge in [0.2, 0.25) is 5.88 Å². The average molecular weight is 332 g/mol. The molecule has 24 heavy (non-hydrogen) atoms. The predicted molar refractivity (Wildman–Crippen MR) is 78.8 cm³/mol. The first-order valence-corrected chi connectivity index (χ1v) is 6.89. The number of rotatable bonds is 1. The molecular weight excluding hydrogens is 321 g/mol. The van der Waals surface area contributed by atoms with E-state index in [1.165, 1.54) is 36.4 Å². The number of aromatic hydroxyl groups is 1. The fraction of sp³-hybridized carbons (Fsp3) is 0.118. The molecule has 1 atom stereocenters. The standard InChI is InChI=1S/C17H11F3N2O2/c18-17(19,20)13-4-2-1-3-10(13)15-11-6-5-9(23)7-14(11)24-16(22)12(15)8-21/h1-7,15,23H,22H2. The number of nitrogens with two attached hydrogens (primary N) is 1. The molecule has 0 radical (unpaired) electrons. The van der Waals surface area contributed by atoms with Crippen LogP contribution in [0, 0.1) is 11.3 Å². The number of halogens is 3. The van der Waals surface area contributed by atoms with E-state index in [1.54, 1.807) is 0 Å². The van der Waals surface area contributed by atoms with Crippen molar-refractivity contribution in [3.63, 3.8) is 0 Å². The van der Waals surface area contributed by atoms with E-state index < -0.39 is 17.7 Å². The number of nitriles is 1. The monoisotopic (exact) mass is 332 g/mol. The smallest absolute Gasteiger partial charge is 0.416 e. The molecule has 0 bridgehead atoms. The van der Waals surface area contributed by atoms with Crippen molar-refractivity contribution in [3.8, 4) is 17.6 Å². The summed E-state index contributed by atoms with van der Waals surface area (Å²) in [5.74, 6) is -1.31. The fourth-order valence-electron chi connectivity index (χ4n) is 2.77. The van der Waals surface area contributed by atoms with Gasteiger partial charge >= 0.3 is 6.18 Å². The summed E-state index contributed by atoms with van der Waals surface area (Å²) in [6.45, 7) is 0. The van der Waals surface area contributed by atoms with Gasteiger partial charge in [0.25, 0.3) is 0 Å². The number of hydrogen-bond donors (Lipinski definition) is 2. The van der Waals surface area contributed by atoms with Crippen molar-refractivity contribution in [3.05, 3.63) is 70.6 Å². The number of phenolic OH excluding ortho intramolecular Hbond substituents is 1. The van der Waals surface area contributed by atoms with Gasteiger partial charge in [-0.2, -0.15) is 18.4 Å². The summed E-state index contributed by atoms with van der Waals surface area (Å²) < 4.78 is 45.4. The van der Waals surface area contributed by atoms with Crippen molar-refractivity contribution in [2.24, 2.45) is 5.73 Å². The summed E-state index contributed by atoms with van der Waals surface area (Å²) in [5.41, 5.74) is 4.99. The normalized spacial score (nSPS) is 17.0. The van der Waals surface area contributed by atoms with Gasteiger partial charge in [0.15, 0.2) is 0 Å². The summed E-state index contributed by atoms with van der Waals surface area (Å²) in [5, 5.41) is 18.9. The lowest BCUT2D eigenvalue weighted by Gasteiger charge is -2.28. The molecule has 122 valence electrons. The largest absolute Gasteiger partial charge is 0.508 e. The van der Waals surface area contributed by atoms with Crippen LogP contribution in [-0.2, 0) is 6.18 Å². The van der Waals surface area contributed by atoms with Gasteiger partial charge in [0.1, 0.15) is 23.1 Å². The summed E-state index contributed by atoms with van der Waals surface area (Å²) in [7, 11) is 0. The molecule has 0 amide bonds. The van der Waals surface area contributed by atoms with E-state index in [9.17, 15) is 23.5 Å². The van der Waals surface area contributed by atoms with Crippen LogP contribution in [0.2, 0.25) is 0 Å². The highest BCUT2D eigenvalue weighted by atomic mass is 19.4. The lowest BCUT2D eigenvalue weighted by Crippen LogP contribution is -2.23. The Morgan fingerprint density at radius 2 is 1.83 bits per heavy atom. The zero-order valence-corrected chi connectivity index (χ0v) is 12.1. The third kappa shape index (κ3) is 2.52. The Kier molecular flexibility index (Phi) is 3.60. The molecule has 2 aromatic rings. The van der Waals surface area contributed by atoms with Crippen LogP contribution in [0.15, 0.2) is 53.9 Å². The molecule has 0 aromatic heterocycles. The molecule has 1 unspecified atom stereocenters. The van der Waals surface area contributed by atoms with E-state index in [-0.39, 0.29) is 28.5 Å². The molecule has 3 N–H and O–H groups in total. The van der Waals surface area contributed by atoms with Crippen LogP contribution in [0.3, 0.4) is 0 Å². The Morgan fingerprint density at radius 3 is 2.50 bits per heavy atom. The van der Waals surface area contributed by atoms with E-state index in [1.807, 2.05) is 6.07 Å². The molecule has 3 rings (SSSR count). The molecule has 0 saturated heterocycles. The van der Waals surface area contributed by atoms with Crippen LogP contribution in [0.25, 0.3) is 0 Å². The number of benzene rings is 2. The van der Waals surface area contributed by atoms with E-state index in [2.05, 4.69) is 0 Å². The molecule has 0 saturated carbocycles. The number of fused-ring (bicyclic) bond motifs is 1. The summed E-state index contributed by atoms with van der Waals surface area (Å²) in [6, 6.07) is 10.8. The van der Waals surface area contributed by atoms with Gasteiger partial charge < -0.3 is 15.6 Å². The molecule has 2 aromatic carbocycles. The van der Waals surface area contributed by atoms with E-state index in [0.717, 1.165) is 6.07 Å². The predicted octanol–water partition coefficient (Wildman–Crippen LogP) is 3.63. The van der Waals surface area contributed by atoms with Gasteiger partial charge in [-0.1, -0.05) is 24.3 Å². The molecule has 1 aliphatic heterocycles. The zero-order valence-electron chi connectivity index (χ0n) is 12.1. The van der Waals surface area contributed by atoms with Crippen molar-refractivity contribution in [2.45, 2.75) is 12.1 Å². The first-order chi connectivity index (χ1) is 11.3. The van der Waals surface area contributed by atoms with Crippen LogP contribution < -0.4 is 10.5 Å². The molecule has 4 nitrogen and oxygen atoms in total. The van der Waals surface area contributed by atoms with Gasteiger partial charge in [0.05, 0.1) is 11.5 Å². The second-order valence-electron chi connectivity index (χ2n) is 5.23. The minimum atomic E-state index is -4.58. The highest BCUT2D eigenvalue weighted by Crippen LogP contribution is 2.46. The Morgan fingerprint density at radius 1 is 1.12 bits per heavy atom. The molecule has 7 heteroatoms. The van der Waals surface area contributed by atoms with Crippen LogP contribution >= 0.6 is 0 Å². The first kappa shape index (κ1) is 15.7. The quantitative estimate of drug-likeness (QED) is 0.836. The average Bonchev–Trinajstić information content (AvgIpc) is 2.52. The van der Waals surface area contributed by atoms with Gasteiger partial charge in [0, 0.05) is 11.6 Å². The number of allylic oxidation sites excluding steroid dienone is 1. The fourth-order valence-corrected chi connectivity index (χ4v) is 2.77. The van der Waals surface area contributed by atoms with Crippen molar-refractivity contribution in [1.82, 2.24) is 0 Å². The second kappa shape index (κ2) is 5.49. The number of phenols is 1. The Balaban J connectivity index is 2.30. The zero-order chi connectivity index (χ0) is 17.5. The van der Waals surface area contributed by atoms with Crippen LogP contribution in [0.5, 0.6) is 11.5 Å². The molecule has 0 aliphatic carbocycles. The Bertz CT molecular complexity index is 882. The van der Waals surface area contributed by atoms with Crippen molar-refractivity contribution >= 4 is 0 Å². The van der Waals surface area contributed by atoms with Crippen LogP contribution in [0.1, 0.15) is 22.6 Å². The topological polar surface area (TPSA) is 79.3 Å². The van der Waals surface area contributed by atoms with E-state index in [4.69, 9.17) is 10.5 Å². The van der Waals surface area contributed by atoms with Gasteiger partial charge in [-0.3, -0.25) is 0 Å². The summed E-state index contributed by atoms with van der Waals surface area (Å²) in [4.78, 5) is 0. The lowest BCUT2D eigenvalue weighted by molar-refractivity contribution is -0.138. The lowest BCUT2D eigenvalue weighted by atomic mass is 9.81. The van der Waals surface area contributed by atoms with Crippen molar-refractivity contribution in [1.29, 1.82) is 5.26 Å². The molecule has 0 spiro atoms. The van der Waals surface area contributed by atoms with E-state index >= 15 is 0 Å². The number of nitrogens with zero attached hydrogens (tertiary/aromatic N) is 1. The molecule has 1 heterocycles. The molecule has 1 aliphatic rings. The maximum atomic E-state index is 13.4. The third-order valence-corrected chi connectivity index (χ3v) is 3.78. The maximum Gasteiger partial charge on any atom is 0.416 e. The Labute approximate surface area is 135 Å². The van der Waals surface area contributed by atoms with E-state index in [0.29, 0.717) is 5.56 Å². The van der Waals surface area contributed by atoms with Crippen molar-refractivity contribution in [2.75, 3.05) is 0 Å². The second-order valence-corrected chi connectivity index (χ2v) is 5.23. The van der Waals surface area contributed by atoms with Gasteiger partial charge in [-0.25, -0.2) is 0 Å². The minimum Gasteiger partial charge on any atom is -0.508 e. The third-order valence-electron chi connectivity index (χ3n) is 3.78. The number of ether oxygens (including phenoxy) is 1. The SMILES string of the molecule is N#CC1=C(N)Oc2cc(O)ccc2C1c1ccccc1C(F)(F)F. The van der Waals surface area contributed by atoms with Gasteiger partial charge in [-0.05, 0) is 17.7 Å². The maximum absolute atomic E-state index is 13.4. The highest BCUT2D eigenvalue weighted by molar-refractivity contribution is 5.58. The summed E-state index contributed by atoms with van der Waals surface area (Å²) >= 11 is 0. The minimum absolute atomic E-state index is 0.0975. The summed E-state index contributed by atoms with van der Waals surface area (Å²) in [6.07, 6.45) is -4.58. The van der Waals surface area contributed by atoms with Crippen LogP contribution in [0.4, 0.5) is 13.2 Å². The molecular formula is C17H11F3N2O2. The highest BCUT2D eigenvalue weighted by Gasteiger charge is 2.39. The molecule has 0 fully saturated rings. The Hall–Kier alpha value is -3.14. The number of hydrogen-bond acceptors (Lipinski definition) is 4. The number of alkyl halides is 3. The first-order valence-electron chi connectivity index (χ1n) is 6.89. The van der Waals surface area contributed by atoms with Crippen LogP contribution in [-0.4, -0.2) is 5.11 Å². The van der Waals surface area contributed by atoms with Gasteiger partial charge in [-0.15, -0.1) is 0 Å². The van der Waals surface area contributed by atoms with Crippen molar-refractivity contribution < 1.29 is 23.0 Å².